The summed E-state index contributed by atoms with van der Waals surface area (Å²) in [5.74, 6) is 0.324. The Morgan fingerprint density at radius 3 is 2.39 bits per heavy atom. The third kappa shape index (κ3) is 6.64. The van der Waals surface area contributed by atoms with Crippen LogP contribution >= 0.6 is 11.8 Å². The van der Waals surface area contributed by atoms with E-state index in [1.54, 1.807) is 0 Å². The van der Waals surface area contributed by atoms with Crippen LogP contribution in [0, 0.1) is 19.8 Å². The summed E-state index contributed by atoms with van der Waals surface area (Å²) in [4.78, 5) is 28.1. The van der Waals surface area contributed by atoms with Gasteiger partial charge in [-0.3, -0.25) is 10.1 Å². The van der Waals surface area contributed by atoms with Crippen molar-refractivity contribution in [1.29, 1.82) is 0 Å². The van der Waals surface area contributed by atoms with Gasteiger partial charge in [0.05, 0.1) is 11.4 Å². The Bertz CT molecular complexity index is 573. The van der Waals surface area contributed by atoms with Crippen LogP contribution in [0.2, 0.25) is 0 Å². The summed E-state index contributed by atoms with van der Waals surface area (Å²) in [5, 5.41) is 5.86. The van der Waals surface area contributed by atoms with Gasteiger partial charge in [-0.2, -0.15) is 0 Å². The molecule has 1 rings (SSSR count). The molecule has 0 unspecified atom stereocenters. The van der Waals surface area contributed by atoms with Crippen molar-refractivity contribution < 1.29 is 9.59 Å². The molecule has 0 fully saturated rings. The lowest BCUT2D eigenvalue weighted by Crippen LogP contribution is -2.48. The van der Waals surface area contributed by atoms with Crippen LogP contribution in [0.3, 0.4) is 0 Å². The summed E-state index contributed by atoms with van der Waals surface area (Å²) < 4.78 is 2.13. The van der Waals surface area contributed by atoms with E-state index in [4.69, 9.17) is 0 Å². The third-order valence-corrected chi connectivity index (χ3v) is 4.02. The van der Waals surface area contributed by atoms with Crippen LogP contribution < -0.4 is 10.6 Å². The molecule has 0 aliphatic rings. The average molecular weight is 340 g/mol. The number of carbonyl (C=O) groups is 2. The molecule has 0 radical (unpaired) electrons. The van der Waals surface area contributed by atoms with Crippen molar-refractivity contribution in [3.05, 3.63) is 11.4 Å². The van der Waals surface area contributed by atoms with E-state index >= 15 is 0 Å². The molecule has 0 aliphatic heterocycles. The fraction of sp³-hybridized carbons (Fsp3) is 0.688. The van der Waals surface area contributed by atoms with Crippen molar-refractivity contribution in [1.82, 2.24) is 20.2 Å². The number of urea groups is 1. The zero-order chi connectivity index (χ0) is 17.8. The van der Waals surface area contributed by atoms with Crippen molar-refractivity contribution in [2.45, 2.75) is 65.7 Å². The Morgan fingerprint density at radius 1 is 1.26 bits per heavy atom. The largest absolute Gasteiger partial charge is 0.333 e. The normalized spacial score (nSPS) is 11.7. The SMILES string of the molecule is Cc1nc(SCC(=O)NC(=O)NC(C)(C)C)n(CC(C)C)c1C. The zero-order valence-corrected chi connectivity index (χ0v) is 15.9. The van der Waals surface area contributed by atoms with E-state index < -0.39 is 6.03 Å². The van der Waals surface area contributed by atoms with Crippen molar-refractivity contribution in [3.8, 4) is 0 Å². The molecular formula is C16H28N4O2S. The number of rotatable bonds is 5. The fourth-order valence-electron chi connectivity index (χ4n) is 1.98. The number of imide groups is 1. The van der Waals surface area contributed by atoms with E-state index in [2.05, 4.69) is 34.0 Å². The van der Waals surface area contributed by atoms with E-state index in [0.717, 1.165) is 23.1 Å². The fourth-order valence-corrected chi connectivity index (χ4v) is 2.88. The molecule has 0 spiro atoms. The second kappa shape index (κ2) is 7.86. The molecule has 6 nitrogen and oxygen atoms in total. The molecule has 0 bridgehead atoms. The number of imidazole rings is 1. The number of nitrogens with one attached hydrogen (secondary N) is 2. The standard InChI is InChI=1S/C16H28N4O2S/c1-10(2)8-20-12(4)11(3)17-15(20)23-9-13(21)18-14(22)19-16(5,6)7/h10H,8-9H2,1-7H3,(H2,18,19,21,22). The van der Waals surface area contributed by atoms with Crippen LogP contribution in [-0.2, 0) is 11.3 Å². The second-order valence-electron chi connectivity index (χ2n) is 7.11. The van der Waals surface area contributed by atoms with Gasteiger partial charge in [0.2, 0.25) is 5.91 Å². The van der Waals surface area contributed by atoms with Gasteiger partial charge in [-0.15, -0.1) is 0 Å². The number of hydrogen-bond donors (Lipinski definition) is 2. The number of hydrogen-bond acceptors (Lipinski definition) is 4. The lowest BCUT2D eigenvalue weighted by Gasteiger charge is -2.20. The van der Waals surface area contributed by atoms with Gasteiger partial charge in [-0.1, -0.05) is 25.6 Å². The molecule has 7 heteroatoms. The van der Waals surface area contributed by atoms with E-state index in [1.165, 1.54) is 11.8 Å². The smallest absolute Gasteiger partial charge is 0.321 e. The molecule has 0 aromatic carbocycles. The first-order valence-electron chi connectivity index (χ1n) is 7.78. The molecule has 0 aliphatic carbocycles. The van der Waals surface area contributed by atoms with E-state index in [1.807, 2.05) is 34.6 Å². The van der Waals surface area contributed by atoms with Crippen LogP contribution in [-0.4, -0.2) is 32.8 Å². The van der Waals surface area contributed by atoms with Gasteiger partial charge in [-0.05, 0) is 40.5 Å². The molecule has 0 saturated heterocycles. The number of thioether (sulfide) groups is 1. The van der Waals surface area contributed by atoms with Gasteiger partial charge in [0.15, 0.2) is 5.16 Å². The lowest BCUT2D eigenvalue weighted by molar-refractivity contribution is -0.117. The van der Waals surface area contributed by atoms with Gasteiger partial charge in [0, 0.05) is 17.8 Å². The van der Waals surface area contributed by atoms with Crippen molar-refractivity contribution in [2.75, 3.05) is 5.75 Å². The molecule has 2 N–H and O–H groups in total. The first-order chi connectivity index (χ1) is 10.5. The number of amides is 3. The molecular weight excluding hydrogens is 312 g/mol. The Hall–Kier alpha value is -1.50. The van der Waals surface area contributed by atoms with Gasteiger partial charge >= 0.3 is 6.03 Å². The highest BCUT2D eigenvalue weighted by Crippen LogP contribution is 2.22. The summed E-state index contributed by atoms with van der Waals surface area (Å²) in [6.45, 7) is 14.7. The first kappa shape index (κ1) is 19.5. The molecule has 23 heavy (non-hydrogen) atoms. The molecule has 1 heterocycles. The van der Waals surface area contributed by atoms with Crippen molar-refractivity contribution in [2.24, 2.45) is 5.92 Å². The molecule has 1 aromatic rings. The maximum absolute atomic E-state index is 11.9. The quantitative estimate of drug-likeness (QED) is 0.808. The van der Waals surface area contributed by atoms with Crippen LogP contribution in [0.5, 0.6) is 0 Å². The minimum atomic E-state index is -0.471. The molecule has 0 saturated carbocycles. The van der Waals surface area contributed by atoms with Crippen molar-refractivity contribution >= 4 is 23.7 Å². The summed E-state index contributed by atoms with van der Waals surface area (Å²) in [7, 11) is 0. The summed E-state index contributed by atoms with van der Waals surface area (Å²) in [6.07, 6.45) is 0. The highest BCUT2D eigenvalue weighted by Gasteiger charge is 2.17. The topological polar surface area (TPSA) is 76.0 Å². The minimum absolute atomic E-state index is 0.158. The zero-order valence-electron chi connectivity index (χ0n) is 15.1. The maximum atomic E-state index is 11.9. The number of carbonyl (C=O) groups excluding carboxylic acids is 2. The number of nitrogens with zero attached hydrogens (tertiary/aromatic N) is 2. The predicted molar refractivity (Wildman–Crippen MR) is 93.7 cm³/mol. The molecule has 130 valence electrons. The highest BCUT2D eigenvalue weighted by molar-refractivity contribution is 7.99. The summed E-state index contributed by atoms with van der Waals surface area (Å²) in [6, 6.07) is -0.471. The third-order valence-electron chi connectivity index (χ3n) is 3.04. The van der Waals surface area contributed by atoms with E-state index in [0.29, 0.717) is 5.92 Å². The predicted octanol–water partition coefficient (Wildman–Crippen LogP) is 2.87. The van der Waals surface area contributed by atoms with Crippen LogP contribution in [0.4, 0.5) is 4.79 Å². The van der Waals surface area contributed by atoms with Gasteiger partial charge in [-0.25, -0.2) is 9.78 Å². The van der Waals surface area contributed by atoms with Gasteiger partial charge < -0.3 is 9.88 Å². The van der Waals surface area contributed by atoms with Gasteiger partial charge in [0.1, 0.15) is 0 Å². The van der Waals surface area contributed by atoms with Gasteiger partial charge in [0.25, 0.3) is 0 Å². The molecule has 3 amide bonds. The monoisotopic (exact) mass is 340 g/mol. The Balaban J connectivity index is 2.63. The Labute approximate surface area is 142 Å². The Kier molecular flexibility index (Phi) is 6.68. The van der Waals surface area contributed by atoms with Crippen LogP contribution in [0.25, 0.3) is 0 Å². The van der Waals surface area contributed by atoms with Crippen LogP contribution in [0.1, 0.15) is 46.0 Å². The number of aromatic nitrogens is 2. The number of aryl methyl sites for hydroxylation is 1. The average Bonchev–Trinajstić information content (AvgIpc) is 2.61. The second-order valence-corrected chi connectivity index (χ2v) is 8.05. The Morgan fingerprint density at radius 2 is 1.87 bits per heavy atom. The van der Waals surface area contributed by atoms with Crippen molar-refractivity contribution in [3.63, 3.8) is 0 Å². The summed E-state index contributed by atoms with van der Waals surface area (Å²) >= 11 is 1.35. The van der Waals surface area contributed by atoms with E-state index in [-0.39, 0.29) is 17.2 Å². The molecule has 0 atom stereocenters. The van der Waals surface area contributed by atoms with Crippen LogP contribution in [0.15, 0.2) is 5.16 Å². The first-order valence-corrected chi connectivity index (χ1v) is 8.76. The minimum Gasteiger partial charge on any atom is -0.333 e. The summed E-state index contributed by atoms with van der Waals surface area (Å²) in [5.41, 5.74) is 1.71. The maximum Gasteiger partial charge on any atom is 0.321 e. The van der Waals surface area contributed by atoms with E-state index in [9.17, 15) is 9.59 Å². The lowest BCUT2D eigenvalue weighted by atomic mass is 10.1. The molecule has 1 aromatic heterocycles. The highest BCUT2D eigenvalue weighted by atomic mass is 32.2.